The highest BCUT2D eigenvalue weighted by atomic mass is 16.6. The lowest BCUT2D eigenvalue weighted by molar-refractivity contribution is -0.889. The predicted octanol–water partition coefficient (Wildman–Crippen LogP) is 10.0. The van der Waals surface area contributed by atoms with Crippen molar-refractivity contribution in [3.05, 3.63) is 0 Å². The van der Waals surface area contributed by atoms with Crippen molar-refractivity contribution in [2.45, 2.75) is 219 Å². The zero-order valence-electron chi connectivity index (χ0n) is 34.3. The molecule has 0 rings (SSSR count). The van der Waals surface area contributed by atoms with Gasteiger partial charge in [0, 0.05) is 19.3 Å². The van der Waals surface area contributed by atoms with Gasteiger partial charge in [-0.2, -0.15) is 0 Å². The Morgan fingerprint density at radius 3 is 1.22 bits per heavy atom. The van der Waals surface area contributed by atoms with Crippen LogP contribution in [-0.4, -0.2) is 75.5 Å². The van der Waals surface area contributed by atoms with Crippen LogP contribution in [0.3, 0.4) is 0 Å². The first-order valence-electron chi connectivity index (χ1n) is 21.6. The van der Waals surface area contributed by atoms with Crippen LogP contribution in [0, 0.1) is 0 Å². The second-order valence-electron chi connectivity index (χ2n) is 15.9. The molecule has 0 bridgehead atoms. The van der Waals surface area contributed by atoms with E-state index < -0.39 is 18.1 Å². The van der Waals surface area contributed by atoms with Gasteiger partial charge in [0.05, 0.1) is 40.3 Å². The lowest BCUT2D eigenvalue weighted by Gasteiger charge is -2.34. The van der Waals surface area contributed by atoms with Gasteiger partial charge in [0.1, 0.15) is 12.6 Å². The molecular weight excluding hydrogens is 642 g/mol. The van der Waals surface area contributed by atoms with Crippen molar-refractivity contribution in [1.82, 2.24) is 0 Å². The fourth-order valence-corrected chi connectivity index (χ4v) is 6.60. The van der Waals surface area contributed by atoms with Gasteiger partial charge in [-0.1, -0.05) is 174 Å². The van der Waals surface area contributed by atoms with E-state index in [4.69, 9.17) is 14.2 Å². The number of rotatable bonds is 39. The summed E-state index contributed by atoms with van der Waals surface area (Å²) in [6.07, 6.45) is 34.0. The van der Waals surface area contributed by atoms with E-state index in [0.29, 0.717) is 12.8 Å². The number of quaternary nitrogens is 1. The van der Waals surface area contributed by atoms with Crippen LogP contribution in [0.5, 0.6) is 0 Å². The predicted molar refractivity (Wildman–Crippen MR) is 208 cm³/mol. The first-order chi connectivity index (χ1) is 24.6. The zero-order chi connectivity index (χ0) is 37.8. The maximum Gasteiger partial charge on any atom is 0.306 e. The van der Waals surface area contributed by atoms with Crippen molar-refractivity contribution in [3.63, 3.8) is 0 Å². The number of hydrogen-bond donors (Lipinski definition) is 0. The van der Waals surface area contributed by atoms with Gasteiger partial charge in [-0.3, -0.25) is 9.59 Å². The third-order valence-corrected chi connectivity index (χ3v) is 9.99. The molecule has 0 amide bonds. The molecule has 0 aliphatic carbocycles. The average Bonchev–Trinajstić information content (AvgIpc) is 3.08. The van der Waals surface area contributed by atoms with Gasteiger partial charge in [0.25, 0.3) is 0 Å². The van der Waals surface area contributed by atoms with Crippen molar-refractivity contribution in [2.24, 2.45) is 0 Å². The zero-order valence-corrected chi connectivity index (χ0v) is 34.3. The van der Waals surface area contributed by atoms with Crippen LogP contribution >= 0.6 is 0 Å². The second kappa shape index (κ2) is 35.4. The van der Waals surface area contributed by atoms with E-state index in [1.165, 1.54) is 135 Å². The quantitative estimate of drug-likeness (QED) is 0.0353. The Morgan fingerprint density at radius 1 is 0.510 bits per heavy atom. The Kier molecular flexibility index (Phi) is 34.2. The number of hydrogen-bond acceptors (Lipinski definition) is 7. The monoisotopic (exact) mass is 726 g/mol. The Morgan fingerprint density at radius 2 is 0.863 bits per heavy atom. The standard InChI is InChI=1S/C43H83NO7/c1-6-8-10-12-14-16-18-19-20-21-22-24-25-27-29-31-33-41(45)50-38-39(37-49-36-35-40(43(47)48)44(3,4)5)51-42(46)34-32-30-28-26-23-17-15-13-11-9-7-2/h39-40H,6-38H2,1-5H3. The minimum atomic E-state index is -1.12. The molecule has 8 heteroatoms. The summed E-state index contributed by atoms with van der Waals surface area (Å²) in [4.78, 5) is 36.7. The number of carboxylic acids is 1. The minimum Gasteiger partial charge on any atom is -0.544 e. The molecule has 0 aromatic carbocycles. The van der Waals surface area contributed by atoms with Crippen LogP contribution in [0.25, 0.3) is 0 Å². The summed E-state index contributed by atoms with van der Waals surface area (Å²) in [5.74, 6) is -1.72. The van der Waals surface area contributed by atoms with E-state index in [9.17, 15) is 19.5 Å². The summed E-state index contributed by atoms with van der Waals surface area (Å²) in [5, 5.41) is 11.6. The van der Waals surface area contributed by atoms with Gasteiger partial charge in [0.15, 0.2) is 6.10 Å². The van der Waals surface area contributed by atoms with Gasteiger partial charge in [0.2, 0.25) is 0 Å². The summed E-state index contributed by atoms with van der Waals surface area (Å²) in [6, 6.07) is -0.718. The molecule has 51 heavy (non-hydrogen) atoms. The second-order valence-corrected chi connectivity index (χ2v) is 15.9. The van der Waals surface area contributed by atoms with Crippen LogP contribution in [-0.2, 0) is 28.6 Å². The van der Waals surface area contributed by atoms with Gasteiger partial charge in [-0.25, -0.2) is 0 Å². The Balaban J connectivity index is 4.28. The lowest BCUT2D eigenvalue weighted by Crippen LogP contribution is -2.55. The first-order valence-corrected chi connectivity index (χ1v) is 21.6. The molecule has 0 saturated carbocycles. The lowest BCUT2D eigenvalue weighted by atomic mass is 10.0. The molecule has 0 fully saturated rings. The van der Waals surface area contributed by atoms with Gasteiger partial charge >= 0.3 is 11.9 Å². The van der Waals surface area contributed by atoms with E-state index in [2.05, 4.69) is 13.8 Å². The van der Waals surface area contributed by atoms with Crippen molar-refractivity contribution < 1.29 is 38.2 Å². The molecule has 0 aliphatic rings. The molecule has 302 valence electrons. The van der Waals surface area contributed by atoms with E-state index in [1.54, 1.807) is 21.1 Å². The molecular formula is C43H83NO7. The van der Waals surface area contributed by atoms with E-state index in [1.807, 2.05) is 0 Å². The summed E-state index contributed by atoms with van der Waals surface area (Å²) in [5.41, 5.74) is 0. The van der Waals surface area contributed by atoms with Crippen molar-refractivity contribution >= 4 is 17.9 Å². The SMILES string of the molecule is CCCCCCCCCCCCCCCCCCC(=O)OCC(COCCC(C(=O)[O-])[N+](C)(C)C)OC(=O)CCCCCCCCCCCCC. The largest absolute Gasteiger partial charge is 0.544 e. The number of unbranched alkanes of at least 4 members (excludes halogenated alkanes) is 25. The van der Waals surface area contributed by atoms with Crippen LogP contribution in [0.1, 0.15) is 206 Å². The van der Waals surface area contributed by atoms with Crippen molar-refractivity contribution in [2.75, 3.05) is 41.0 Å². The molecule has 0 N–H and O–H groups in total. The van der Waals surface area contributed by atoms with Crippen molar-refractivity contribution in [1.29, 1.82) is 0 Å². The number of aliphatic carboxylic acids is 1. The number of esters is 2. The summed E-state index contributed by atoms with van der Waals surface area (Å²) < 4.78 is 17.1. The maximum atomic E-state index is 12.7. The fraction of sp³-hybridized carbons (Fsp3) is 0.930. The van der Waals surface area contributed by atoms with Gasteiger partial charge < -0.3 is 28.6 Å². The smallest absolute Gasteiger partial charge is 0.306 e. The average molecular weight is 726 g/mol. The topological polar surface area (TPSA) is 102 Å². The summed E-state index contributed by atoms with van der Waals surface area (Å²) >= 11 is 0. The molecule has 0 heterocycles. The maximum absolute atomic E-state index is 12.7. The Labute approximate surface area is 315 Å². The molecule has 0 saturated heterocycles. The summed E-state index contributed by atoms with van der Waals surface area (Å²) in [7, 11) is 5.41. The third-order valence-electron chi connectivity index (χ3n) is 9.99. The number of carboxylic acid groups (broad SMARTS) is 1. The van der Waals surface area contributed by atoms with Crippen LogP contribution in [0.2, 0.25) is 0 Å². The molecule has 8 nitrogen and oxygen atoms in total. The van der Waals surface area contributed by atoms with E-state index in [-0.39, 0.29) is 42.7 Å². The molecule has 0 radical (unpaired) electrons. The Hall–Kier alpha value is -1.67. The highest BCUT2D eigenvalue weighted by Crippen LogP contribution is 2.16. The highest BCUT2D eigenvalue weighted by Gasteiger charge is 2.25. The number of likely N-dealkylation sites (N-methyl/N-ethyl adjacent to an activating group) is 1. The van der Waals surface area contributed by atoms with Gasteiger partial charge in [-0.05, 0) is 12.8 Å². The summed E-state index contributed by atoms with van der Waals surface area (Å²) in [6.45, 7) is 4.68. The van der Waals surface area contributed by atoms with Crippen LogP contribution in [0.15, 0.2) is 0 Å². The van der Waals surface area contributed by atoms with Gasteiger partial charge in [-0.15, -0.1) is 0 Å². The molecule has 0 aromatic rings. The number of carbonyl (C=O) groups excluding carboxylic acids is 3. The fourth-order valence-electron chi connectivity index (χ4n) is 6.60. The molecule has 0 aliphatic heterocycles. The first kappa shape index (κ1) is 49.3. The number of carbonyl (C=O) groups is 3. The number of nitrogens with zero attached hydrogens (tertiary/aromatic N) is 1. The molecule has 2 unspecified atom stereocenters. The highest BCUT2D eigenvalue weighted by molar-refractivity contribution is 5.70. The molecule has 2 atom stereocenters. The van der Waals surface area contributed by atoms with Crippen molar-refractivity contribution in [3.8, 4) is 0 Å². The van der Waals surface area contributed by atoms with Crippen LogP contribution < -0.4 is 5.11 Å². The Bertz CT molecular complexity index is 813. The molecule has 0 spiro atoms. The number of ether oxygens (including phenoxy) is 3. The van der Waals surface area contributed by atoms with E-state index in [0.717, 1.165) is 38.5 Å². The molecule has 0 aromatic heterocycles. The normalized spacial score (nSPS) is 12.9. The van der Waals surface area contributed by atoms with Crippen LogP contribution in [0.4, 0.5) is 0 Å². The van der Waals surface area contributed by atoms with E-state index >= 15 is 0 Å². The minimum absolute atomic E-state index is 0.0488. The third kappa shape index (κ3) is 33.9.